The minimum Gasteiger partial charge on any atom is -0.493 e. The number of hydrogen-bond acceptors (Lipinski definition) is 6. The zero-order valence-electron chi connectivity index (χ0n) is 17.9. The van der Waals surface area contributed by atoms with Gasteiger partial charge in [0.2, 0.25) is 0 Å². The average molecular weight is 478 g/mol. The van der Waals surface area contributed by atoms with Gasteiger partial charge in [-0.1, -0.05) is 29.3 Å². The second-order valence-electron chi connectivity index (χ2n) is 7.60. The molecule has 0 bridgehead atoms. The number of ether oxygens (including phenoxy) is 3. The van der Waals surface area contributed by atoms with E-state index in [1.54, 1.807) is 14.2 Å². The van der Waals surface area contributed by atoms with Gasteiger partial charge in [-0.05, 0) is 43.9 Å². The van der Waals surface area contributed by atoms with E-state index in [1.165, 1.54) is 0 Å². The monoisotopic (exact) mass is 477 g/mol. The van der Waals surface area contributed by atoms with Gasteiger partial charge in [-0.25, -0.2) is 0 Å². The largest absolute Gasteiger partial charge is 0.493 e. The van der Waals surface area contributed by atoms with Crippen molar-refractivity contribution in [1.82, 2.24) is 0 Å². The molecule has 2 unspecified atom stereocenters. The Balaban J connectivity index is 2.14. The molecule has 1 aliphatic heterocycles. The number of nitrogens with zero attached hydrogens (tertiary/aromatic N) is 1. The highest BCUT2D eigenvalue weighted by atomic mass is 79.9. The molecule has 2 aliphatic rings. The molecule has 7 heteroatoms. The number of carbonyl (C=O) groups excluding carboxylic acids is 2. The van der Waals surface area contributed by atoms with Crippen LogP contribution in [0, 0.1) is 5.92 Å². The predicted octanol–water partition coefficient (Wildman–Crippen LogP) is 4.99. The van der Waals surface area contributed by atoms with Crippen LogP contribution < -0.4 is 9.47 Å². The number of carbonyl (C=O) groups is 2. The number of esters is 1. The van der Waals surface area contributed by atoms with Gasteiger partial charge < -0.3 is 14.2 Å². The fourth-order valence-corrected chi connectivity index (χ4v) is 4.73. The van der Waals surface area contributed by atoms with Gasteiger partial charge in [0.05, 0.1) is 20.8 Å². The molecule has 0 spiro atoms. The van der Waals surface area contributed by atoms with Crippen molar-refractivity contribution < 1.29 is 23.8 Å². The van der Waals surface area contributed by atoms with Gasteiger partial charge in [-0.2, -0.15) is 0 Å². The Morgan fingerprint density at radius 3 is 2.57 bits per heavy atom. The number of unbranched alkanes of at least 4 members (excludes halogenated alkanes) is 1. The Labute approximate surface area is 185 Å². The molecule has 2 atom stereocenters. The number of Topliss-reactive ketones (excluding diaryl/α,β-unsaturated/α-hetero) is 1. The lowest BCUT2D eigenvalue weighted by Crippen LogP contribution is -2.37. The van der Waals surface area contributed by atoms with Crippen molar-refractivity contribution in [2.45, 2.75) is 51.9 Å². The summed E-state index contributed by atoms with van der Waals surface area (Å²) in [6.07, 6.45) is 3.71. The van der Waals surface area contributed by atoms with Crippen LogP contribution in [0.4, 0.5) is 0 Å². The SMILES string of the molecule is CCCCOC(=O)C1C(C)=NC2=C(C(=O)CCC2)C1c1cc(OC)c(OC)cc1Br. The van der Waals surface area contributed by atoms with Crippen LogP contribution in [0.5, 0.6) is 11.5 Å². The van der Waals surface area contributed by atoms with E-state index < -0.39 is 11.8 Å². The van der Waals surface area contributed by atoms with E-state index >= 15 is 0 Å². The summed E-state index contributed by atoms with van der Waals surface area (Å²) in [7, 11) is 3.14. The second-order valence-corrected chi connectivity index (χ2v) is 8.45. The summed E-state index contributed by atoms with van der Waals surface area (Å²) in [6.45, 7) is 4.25. The number of benzene rings is 1. The number of methoxy groups -OCH3 is 2. The Hall–Kier alpha value is -2.15. The quantitative estimate of drug-likeness (QED) is 0.408. The molecule has 0 saturated carbocycles. The van der Waals surface area contributed by atoms with Crippen molar-refractivity contribution in [3.8, 4) is 11.5 Å². The Kier molecular flexibility index (Phi) is 7.34. The molecule has 1 heterocycles. The number of hydrogen-bond donors (Lipinski definition) is 0. The molecule has 0 amide bonds. The van der Waals surface area contributed by atoms with E-state index in [4.69, 9.17) is 14.2 Å². The molecule has 1 aromatic rings. The lowest BCUT2D eigenvalue weighted by molar-refractivity contribution is -0.146. The number of allylic oxidation sites excluding steroid dienone is 2. The van der Waals surface area contributed by atoms with Crippen molar-refractivity contribution in [3.05, 3.63) is 33.4 Å². The summed E-state index contributed by atoms with van der Waals surface area (Å²) in [5.74, 6) is -0.322. The molecule has 0 aromatic heterocycles. The summed E-state index contributed by atoms with van der Waals surface area (Å²) in [5, 5.41) is 0. The van der Waals surface area contributed by atoms with Gasteiger partial charge in [-0.3, -0.25) is 14.6 Å². The molecule has 6 nitrogen and oxygen atoms in total. The normalized spacial score (nSPS) is 21.1. The smallest absolute Gasteiger partial charge is 0.315 e. The molecule has 1 aromatic carbocycles. The van der Waals surface area contributed by atoms with Crippen LogP contribution in [-0.4, -0.2) is 38.3 Å². The molecule has 0 radical (unpaired) electrons. The number of halogens is 1. The van der Waals surface area contributed by atoms with Crippen LogP contribution in [0.3, 0.4) is 0 Å². The standard InChI is InChI=1S/C23H28BrNO5/c1-5-6-10-30-23(27)20-13(2)25-16-8-7-9-17(26)22(16)21(20)14-11-18(28-3)19(29-4)12-15(14)24/h11-12,20-21H,5-10H2,1-4H3. The molecule has 0 N–H and O–H groups in total. The lowest BCUT2D eigenvalue weighted by Gasteiger charge is -2.35. The third-order valence-electron chi connectivity index (χ3n) is 5.67. The zero-order valence-corrected chi connectivity index (χ0v) is 19.5. The van der Waals surface area contributed by atoms with E-state index in [2.05, 4.69) is 20.9 Å². The maximum atomic E-state index is 13.1. The first-order chi connectivity index (χ1) is 14.4. The van der Waals surface area contributed by atoms with Crippen LogP contribution in [-0.2, 0) is 14.3 Å². The number of rotatable bonds is 7. The van der Waals surface area contributed by atoms with Crippen molar-refractivity contribution in [2.24, 2.45) is 10.9 Å². The second kappa shape index (κ2) is 9.77. The molecule has 3 rings (SSSR count). The minimum atomic E-state index is -0.656. The first kappa shape index (κ1) is 22.5. The highest BCUT2D eigenvalue weighted by Gasteiger charge is 2.44. The highest BCUT2D eigenvalue weighted by Crippen LogP contribution is 2.47. The molecule has 162 valence electrons. The molecule has 1 aliphatic carbocycles. The first-order valence-electron chi connectivity index (χ1n) is 10.3. The van der Waals surface area contributed by atoms with Gasteiger partial charge >= 0.3 is 5.97 Å². The van der Waals surface area contributed by atoms with Crippen molar-refractivity contribution in [1.29, 1.82) is 0 Å². The maximum Gasteiger partial charge on any atom is 0.315 e. The number of ketones is 1. The summed E-state index contributed by atoms with van der Waals surface area (Å²) in [5.41, 5.74) is 2.88. The predicted molar refractivity (Wildman–Crippen MR) is 118 cm³/mol. The summed E-state index contributed by atoms with van der Waals surface area (Å²) in [4.78, 5) is 30.8. The van der Waals surface area contributed by atoms with Crippen LogP contribution in [0.2, 0.25) is 0 Å². The Morgan fingerprint density at radius 2 is 1.90 bits per heavy atom. The van der Waals surface area contributed by atoms with Gasteiger partial charge in [0, 0.05) is 33.8 Å². The average Bonchev–Trinajstić information content (AvgIpc) is 2.72. The molecular weight excluding hydrogens is 450 g/mol. The summed E-state index contributed by atoms with van der Waals surface area (Å²) in [6, 6.07) is 3.65. The lowest BCUT2D eigenvalue weighted by atomic mass is 9.71. The van der Waals surface area contributed by atoms with Crippen LogP contribution in [0.1, 0.15) is 57.4 Å². The van der Waals surface area contributed by atoms with Gasteiger partial charge in [0.15, 0.2) is 17.3 Å². The van der Waals surface area contributed by atoms with Crippen LogP contribution >= 0.6 is 15.9 Å². The van der Waals surface area contributed by atoms with Crippen LogP contribution in [0.25, 0.3) is 0 Å². The summed E-state index contributed by atoms with van der Waals surface area (Å²) >= 11 is 3.62. The van der Waals surface area contributed by atoms with Gasteiger partial charge in [-0.15, -0.1) is 0 Å². The first-order valence-corrected chi connectivity index (χ1v) is 11.1. The zero-order chi connectivity index (χ0) is 21.8. The minimum absolute atomic E-state index is 0.0468. The van der Waals surface area contributed by atoms with Crippen molar-refractivity contribution in [2.75, 3.05) is 20.8 Å². The fraction of sp³-hybridized carbons (Fsp3) is 0.522. The molecule has 0 saturated heterocycles. The maximum absolute atomic E-state index is 13.1. The third kappa shape index (κ3) is 4.31. The van der Waals surface area contributed by atoms with Gasteiger partial charge in [0.1, 0.15) is 5.92 Å². The molecule has 30 heavy (non-hydrogen) atoms. The van der Waals surface area contributed by atoms with Gasteiger partial charge in [0.25, 0.3) is 0 Å². The topological polar surface area (TPSA) is 74.2 Å². The molecule has 0 fully saturated rings. The van der Waals surface area contributed by atoms with Crippen molar-refractivity contribution in [3.63, 3.8) is 0 Å². The highest BCUT2D eigenvalue weighted by molar-refractivity contribution is 9.10. The van der Waals surface area contributed by atoms with E-state index in [-0.39, 0.29) is 11.8 Å². The Bertz CT molecular complexity index is 905. The van der Waals surface area contributed by atoms with E-state index in [0.717, 1.165) is 41.4 Å². The third-order valence-corrected chi connectivity index (χ3v) is 6.36. The molecular formula is C23H28BrNO5. The van der Waals surface area contributed by atoms with E-state index in [1.807, 2.05) is 26.0 Å². The fourth-order valence-electron chi connectivity index (χ4n) is 4.16. The van der Waals surface area contributed by atoms with Crippen molar-refractivity contribution >= 4 is 33.4 Å². The Morgan fingerprint density at radius 1 is 1.20 bits per heavy atom. The summed E-state index contributed by atoms with van der Waals surface area (Å²) < 4.78 is 17.2. The van der Waals surface area contributed by atoms with E-state index in [0.29, 0.717) is 35.8 Å². The van der Waals surface area contributed by atoms with E-state index in [9.17, 15) is 9.59 Å². The number of aliphatic imine (C=N–C) groups is 1. The van der Waals surface area contributed by atoms with Crippen LogP contribution in [0.15, 0.2) is 32.9 Å².